The largest absolute Gasteiger partial charge is 0.493 e. The van der Waals surface area contributed by atoms with Crippen molar-refractivity contribution in [3.05, 3.63) is 42.5 Å². The Morgan fingerprint density at radius 2 is 1.76 bits per heavy atom. The summed E-state index contributed by atoms with van der Waals surface area (Å²) in [5.74, 6) is -3.35. The van der Waals surface area contributed by atoms with Gasteiger partial charge in [0.15, 0.2) is 17.1 Å². The van der Waals surface area contributed by atoms with Gasteiger partial charge in [-0.25, -0.2) is 9.59 Å². The van der Waals surface area contributed by atoms with E-state index in [-0.39, 0.29) is 12.8 Å². The fourth-order valence-corrected chi connectivity index (χ4v) is 4.58. The maximum atomic E-state index is 12.9. The lowest BCUT2D eigenvalue weighted by Gasteiger charge is -2.56. The zero-order chi connectivity index (χ0) is 28.1. The van der Waals surface area contributed by atoms with Gasteiger partial charge in [-0.2, -0.15) is 0 Å². The van der Waals surface area contributed by atoms with Crippen LogP contribution in [0, 0.1) is 0 Å². The number of rotatable bonds is 10. The average molecular weight is 537 g/mol. The van der Waals surface area contributed by atoms with Gasteiger partial charge in [-0.05, 0) is 37.6 Å². The maximum Gasteiger partial charge on any atom is 0.338 e. The van der Waals surface area contributed by atoms with E-state index in [0.29, 0.717) is 23.7 Å². The topological polar surface area (TPSA) is 128 Å². The zero-order valence-corrected chi connectivity index (χ0v) is 22.6. The Bertz CT molecular complexity index is 1060. The standard InChI is InChI=1S/C27H36O11/c1-8-13-35-18-11-9-17(14-19(18)31-4)10-12-22(28)36-20-15-27(30,24(29)32-5)16-21-23(20)38-26(3,34-7)25(2,33-6)37-21/h8-12,14,20-21,23,30H,1,13,15-16H2,2-7H3/b12-10+/t20-,21+,23+,25-,26-,27-/m0/s1. The van der Waals surface area contributed by atoms with Crippen molar-refractivity contribution in [2.75, 3.05) is 35.0 Å². The fraction of sp³-hybridized carbons (Fsp3) is 0.556. The second-order valence-electron chi connectivity index (χ2n) is 9.29. The zero-order valence-electron chi connectivity index (χ0n) is 22.6. The van der Waals surface area contributed by atoms with Gasteiger partial charge in [-0.15, -0.1) is 0 Å². The average Bonchev–Trinajstić information content (AvgIpc) is 2.91. The van der Waals surface area contributed by atoms with Crippen molar-refractivity contribution >= 4 is 18.0 Å². The Morgan fingerprint density at radius 3 is 2.37 bits per heavy atom. The third-order valence-electron chi connectivity index (χ3n) is 6.94. The highest BCUT2D eigenvalue weighted by atomic mass is 16.8. The third-order valence-corrected chi connectivity index (χ3v) is 6.94. The van der Waals surface area contributed by atoms with Crippen LogP contribution in [-0.2, 0) is 38.0 Å². The summed E-state index contributed by atoms with van der Waals surface area (Å²) >= 11 is 0. The number of fused-ring (bicyclic) bond motifs is 1. The van der Waals surface area contributed by atoms with Gasteiger partial charge in [0.2, 0.25) is 11.6 Å². The van der Waals surface area contributed by atoms with Crippen LogP contribution < -0.4 is 9.47 Å². The van der Waals surface area contributed by atoms with Crippen LogP contribution in [0.3, 0.4) is 0 Å². The molecular formula is C27H36O11. The molecule has 1 saturated heterocycles. The summed E-state index contributed by atoms with van der Waals surface area (Å²) in [6, 6.07) is 5.15. The van der Waals surface area contributed by atoms with Crippen LogP contribution in [0.15, 0.2) is 36.9 Å². The fourth-order valence-electron chi connectivity index (χ4n) is 4.58. The highest BCUT2D eigenvalue weighted by Gasteiger charge is 2.63. The van der Waals surface area contributed by atoms with E-state index in [4.69, 9.17) is 37.9 Å². The van der Waals surface area contributed by atoms with Crippen molar-refractivity contribution in [1.29, 1.82) is 0 Å². The molecule has 11 heteroatoms. The second kappa shape index (κ2) is 11.8. The van der Waals surface area contributed by atoms with Crippen LogP contribution in [0.5, 0.6) is 11.5 Å². The van der Waals surface area contributed by atoms with Crippen molar-refractivity contribution in [1.82, 2.24) is 0 Å². The minimum absolute atomic E-state index is 0.160. The molecule has 1 aliphatic carbocycles. The lowest BCUT2D eigenvalue weighted by Crippen LogP contribution is -2.71. The summed E-state index contributed by atoms with van der Waals surface area (Å²) in [6.45, 7) is 7.18. The quantitative estimate of drug-likeness (QED) is 0.269. The van der Waals surface area contributed by atoms with Crippen LogP contribution in [0.1, 0.15) is 32.3 Å². The molecule has 3 rings (SSSR count). The molecule has 210 valence electrons. The lowest BCUT2D eigenvalue weighted by atomic mass is 9.78. The van der Waals surface area contributed by atoms with Crippen molar-refractivity contribution in [3.8, 4) is 11.5 Å². The second-order valence-corrected chi connectivity index (χ2v) is 9.29. The van der Waals surface area contributed by atoms with E-state index in [1.807, 2.05) is 0 Å². The summed E-state index contributed by atoms with van der Waals surface area (Å²) in [6.07, 6.45) is 1.12. The van der Waals surface area contributed by atoms with Gasteiger partial charge in [-0.3, -0.25) is 0 Å². The van der Waals surface area contributed by atoms with E-state index in [0.717, 1.165) is 7.11 Å². The van der Waals surface area contributed by atoms with Crippen molar-refractivity contribution in [2.24, 2.45) is 0 Å². The molecule has 38 heavy (non-hydrogen) atoms. The van der Waals surface area contributed by atoms with Gasteiger partial charge >= 0.3 is 11.9 Å². The van der Waals surface area contributed by atoms with E-state index in [9.17, 15) is 14.7 Å². The van der Waals surface area contributed by atoms with Gasteiger partial charge in [0.05, 0.1) is 20.3 Å². The third kappa shape index (κ3) is 5.87. The minimum Gasteiger partial charge on any atom is -0.493 e. The number of hydrogen-bond acceptors (Lipinski definition) is 11. The number of esters is 2. The molecule has 1 aromatic rings. The van der Waals surface area contributed by atoms with Crippen molar-refractivity contribution in [3.63, 3.8) is 0 Å². The molecule has 2 aliphatic rings. The number of ether oxygens (including phenoxy) is 8. The number of benzene rings is 1. The molecule has 1 aromatic carbocycles. The lowest BCUT2D eigenvalue weighted by molar-refractivity contribution is -0.460. The summed E-state index contributed by atoms with van der Waals surface area (Å²) < 4.78 is 44.8. The Balaban J connectivity index is 1.83. The van der Waals surface area contributed by atoms with Crippen LogP contribution in [0.25, 0.3) is 6.08 Å². The highest BCUT2D eigenvalue weighted by Crippen LogP contribution is 2.46. The molecule has 11 nitrogen and oxygen atoms in total. The predicted octanol–water partition coefficient (Wildman–Crippen LogP) is 2.39. The molecule has 0 unspecified atom stereocenters. The Hall–Kier alpha value is -2.96. The normalized spacial score (nSPS) is 32.8. The molecule has 0 spiro atoms. The summed E-state index contributed by atoms with van der Waals surface area (Å²) in [7, 11) is 5.53. The molecule has 1 saturated carbocycles. The summed E-state index contributed by atoms with van der Waals surface area (Å²) in [5, 5.41) is 11.1. The van der Waals surface area contributed by atoms with E-state index in [1.165, 1.54) is 33.5 Å². The van der Waals surface area contributed by atoms with Gasteiger partial charge in [0.1, 0.15) is 18.8 Å². The van der Waals surface area contributed by atoms with Crippen LogP contribution in [0.4, 0.5) is 0 Å². The van der Waals surface area contributed by atoms with E-state index >= 15 is 0 Å². The molecule has 6 atom stereocenters. The van der Waals surface area contributed by atoms with Gasteiger partial charge in [0.25, 0.3) is 0 Å². The first-order valence-corrected chi connectivity index (χ1v) is 12.0. The smallest absolute Gasteiger partial charge is 0.338 e. The molecule has 0 aromatic heterocycles. The van der Waals surface area contributed by atoms with Gasteiger partial charge in [-0.1, -0.05) is 18.7 Å². The van der Waals surface area contributed by atoms with Crippen LogP contribution in [-0.4, -0.2) is 87.6 Å². The van der Waals surface area contributed by atoms with Crippen LogP contribution >= 0.6 is 0 Å². The Kier molecular flexibility index (Phi) is 9.21. The van der Waals surface area contributed by atoms with E-state index in [2.05, 4.69) is 6.58 Å². The monoisotopic (exact) mass is 536 g/mol. The first kappa shape index (κ1) is 29.6. The number of methoxy groups -OCH3 is 4. The summed E-state index contributed by atoms with van der Waals surface area (Å²) in [4.78, 5) is 25.3. The molecule has 0 radical (unpaired) electrons. The van der Waals surface area contributed by atoms with E-state index < -0.39 is 47.4 Å². The number of aliphatic hydroxyl groups is 1. The number of carbonyl (C=O) groups excluding carboxylic acids is 2. The highest BCUT2D eigenvalue weighted by molar-refractivity contribution is 5.87. The molecule has 0 bridgehead atoms. The van der Waals surface area contributed by atoms with Crippen molar-refractivity contribution < 1.29 is 52.6 Å². The summed E-state index contributed by atoms with van der Waals surface area (Å²) in [5.41, 5.74) is -1.32. The van der Waals surface area contributed by atoms with Gasteiger partial charge < -0.3 is 43.0 Å². The van der Waals surface area contributed by atoms with E-state index in [1.54, 1.807) is 38.1 Å². The Labute approximate surface area is 222 Å². The predicted molar refractivity (Wildman–Crippen MR) is 134 cm³/mol. The molecule has 1 N–H and O–H groups in total. The molecule has 1 aliphatic heterocycles. The van der Waals surface area contributed by atoms with Crippen molar-refractivity contribution in [2.45, 2.75) is 62.2 Å². The molecular weight excluding hydrogens is 500 g/mol. The Morgan fingerprint density at radius 1 is 1.08 bits per heavy atom. The number of hydrogen-bond donors (Lipinski definition) is 1. The van der Waals surface area contributed by atoms with Gasteiger partial charge in [0, 0.05) is 33.1 Å². The molecule has 1 heterocycles. The SMILES string of the molecule is C=CCOc1ccc(/C=C/C(=O)O[C@H]2C[C@@](O)(C(=O)OC)C[C@H]3O[C@](C)(OC)[C@@](C)(OC)O[C@H]23)cc1OC. The number of carbonyl (C=O) groups is 2. The molecule has 2 fully saturated rings. The first-order valence-electron chi connectivity index (χ1n) is 12.0. The maximum absolute atomic E-state index is 12.9. The van der Waals surface area contributed by atoms with Crippen LogP contribution in [0.2, 0.25) is 0 Å². The minimum atomic E-state index is -1.97. The first-order chi connectivity index (χ1) is 18.0. The molecule has 0 amide bonds.